The molecule has 1 aliphatic heterocycles. The van der Waals surface area contributed by atoms with Crippen LogP contribution in [0.5, 0.6) is 0 Å². The Morgan fingerprint density at radius 2 is 2.06 bits per heavy atom. The minimum Gasteiger partial charge on any atom is -0.367 e. The van der Waals surface area contributed by atoms with Crippen LogP contribution in [0.15, 0.2) is 4.52 Å². The van der Waals surface area contributed by atoms with Gasteiger partial charge < -0.3 is 18.7 Å². The van der Waals surface area contributed by atoms with Crippen LogP contribution in [0.4, 0.5) is 0 Å². The van der Waals surface area contributed by atoms with Gasteiger partial charge in [-0.1, -0.05) is 5.16 Å². The number of hydrogen-bond donors (Lipinski definition) is 0. The molecule has 1 aromatic rings. The third-order valence-corrected chi connectivity index (χ3v) is 2.97. The lowest BCUT2D eigenvalue weighted by atomic mass is 10.0. The number of aromatic nitrogens is 2. The molecule has 1 saturated heterocycles. The van der Waals surface area contributed by atoms with Gasteiger partial charge in [-0.2, -0.15) is 4.98 Å². The third kappa shape index (κ3) is 2.71. The second-order valence-corrected chi connectivity index (χ2v) is 4.38. The van der Waals surface area contributed by atoms with E-state index in [0.29, 0.717) is 24.9 Å². The normalized spacial score (nSPS) is 24.0. The molecule has 0 amide bonds. The molecule has 0 N–H and O–H groups in total. The monoisotopic (exact) mass is 256 g/mol. The summed E-state index contributed by atoms with van der Waals surface area (Å²) in [5.41, 5.74) is -0.440. The standard InChI is InChI=1S/C12H20N2O4/c1-4-15-10(16-5-2)9-13-11(14-18-9)12(3)7-6-8-17-12/h10H,4-8H2,1-3H3. The minimum absolute atomic E-state index is 0.352. The fourth-order valence-corrected chi connectivity index (χ4v) is 1.99. The predicted molar refractivity (Wildman–Crippen MR) is 62.8 cm³/mol. The second kappa shape index (κ2) is 5.77. The van der Waals surface area contributed by atoms with Crippen molar-refractivity contribution in [3.8, 4) is 0 Å². The molecule has 0 radical (unpaired) electrons. The highest BCUT2D eigenvalue weighted by Crippen LogP contribution is 2.34. The maximum absolute atomic E-state index is 5.67. The fourth-order valence-electron chi connectivity index (χ4n) is 1.99. The summed E-state index contributed by atoms with van der Waals surface area (Å²) in [6.07, 6.45) is 1.33. The molecule has 6 heteroatoms. The Morgan fingerprint density at radius 1 is 1.33 bits per heavy atom. The SMILES string of the molecule is CCOC(OCC)c1nc(C2(C)CCCO2)no1. The van der Waals surface area contributed by atoms with Gasteiger partial charge >= 0.3 is 0 Å². The van der Waals surface area contributed by atoms with Crippen molar-refractivity contribution in [3.05, 3.63) is 11.7 Å². The summed E-state index contributed by atoms with van der Waals surface area (Å²) < 4.78 is 21.7. The summed E-state index contributed by atoms with van der Waals surface area (Å²) in [5.74, 6) is 0.921. The van der Waals surface area contributed by atoms with Crippen LogP contribution in [0.1, 0.15) is 51.6 Å². The number of ether oxygens (including phenoxy) is 3. The van der Waals surface area contributed by atoms with Crippen LogP contribution >= 0.6 is 0 Å². The molecule has 6 nitrogen and oxygen atoms in total. The summed E-state index contributed by atoms with van der Waals surface area (Å²) in [5, 5.41) is 3.98. The average molecular weight is 256 g/mol. The molecule has 2 rings (SSSR count). The first kappa shape index (κ1) is 13.5. The van der Waals surface area contributed by atoms with Gasteiger partial charge in [0.2, 0.25) is 12.1 Å². The lowest BCUT2D eigenvalue weighted by Gasteiger charge is -2.17. The number of hydrogen-bond acceptors (Lipinski definition) is 6. The summed E-state index contributed by atoms with van der Waals surface area (Å²) in [6.45, 7) is 7.55. The van der Waals surface area contributed by atoms with Crippen molar-refractivity contribution in [2.45, 2.75) is 45.5 Å². The lowest BCUT2D eigenvalue weighted by molar-refractivity contribution is -0.155. The summed E-state index contributed by atoms with van der Waals surface area (Å²) in [7, 11) is 0. The maximum atomic E-state index is 5.67. The average Bonchev–Trinajstić information content (AvgIpc) is 2.98. The highest BCUT2D eigenvalue weighted by Gasteiger charge is 2.37. The molecule has 1 fully saturated rings. The summed E-state index contributed by atoms with van der Waals surface area (Å²) in [6, 6.07) is 0. The molecule has 2 heterocycles. The van der Waals surface area contributed by atoms with Gasteiger partial charge in [-0.3, -0.25) is 0 Å². The topological polar surface area (TPSA) is 66.6 Å². The summed E-state index contributed by atoms with van der Waals surface area (Å²) >= 11 is 0. The highest BCUT2D eigenvalue weighted by molar-refractivity contribution is 5.02. The van der Waals surface area contributed by atoms with E-state index in [1.165, 1.54) is 0 Å². The Hall–Kier alpha value is -0.980. The second-order valence-electron chi connectivity index (χ2n) is 4.38. The van der Waals surface area contributed by atoms with E-state index in [4.69, 9.17) is 18.7 Å². The first-order chi connectivity index (χ1) is 8.69. The molecule has 18 heavy (non-hydrogen) atoms. The largest absolute Gasteiger partial charge is 0.367 e. The molecule has 0 saturated carbocycles. The molecule has 0 spiro atoms. The molecule has 0 aromatic carbocycles. The van der Waals surface area contributed by atoms with Gasteiger partial charge in [0.25, 0.3) is 5.89 Å². The zero-order valence-corrected chi connectivity index (χ0v) is 11.1. The van der Waals surface area contributed by atoms with Crippen molar-refractivity contribution >= 4 is 0 Å². The Morgan fingerprint density at radius 3 is 2.61 bits per heavy atom. The van der Waals surface area contributed by atoms with Gasteiger partial charge in [0.1, 0.15) is 5.60 Å². The Bertz CT molecular complexity index is 368. The van der Waals surface area contributed by atoms with E-state index in [0.717, 1.165) is 19.4 Å². The van der Waals surface area contributed by atoms with E-state index in [2.05, 4.69) is 10.1 Å². The number of rotatable bonds is 6. The van der Waals surface area contributed by atoms with Crippen LogP contribution in [-0.4, -0.2) is 30.0 Å². The quantitative estimate of drug-likeness (QED) is 0.727. The van der Waals surface area contributed by atoms with Crippen molar-refractivity contribution in [1.82, 2.24) is 10.1 Å². The van der Waals surface area contributed by atoms with Crippen molar-refractivity contribution in [1.29, 1.82) is 0 Å². The molecule has 0 bridgehead atoms. The molecule has 1 aliphatic rings. The molecule has 102 valence electrons. The molecule has 1 atom stereocenters. The van der Waals surface area contributed by atoms with Crippen LogP contribution < -0.4 is 0 Å². The minimum atomic E-state index is -0.591. The smallest absolute Gasteiger partial charge is 0.283 e. The Balaban J connectivity index is 2.12. The van der Waals surface area contributed by atoms with Crippen molar-refractivity contribution < 1.29 is 18.7 Å². The van der Waals surface area contributed by atoms with E-state index >= 15 is 0 Å². The van der Waals surface area contributed by atoms with Crippen molar-refractivity contribution in [2.24, 2.45) is 0 Å². The van der Waals surface area contributed by atoms with Crippen LogP contribution in [-0.2, 0) is 19.8 Å². The first-order valence-corrected chi connectivity index (χ1v) is 6.41. The van der Waals surface area contributed by atoms with E-state index in [1.807, 2.05) is 20.8 Å². The van der Waals surface area contributed by atoms with Crippen molar-refractivity contribution in [2.75, 3.05) is 19.8 Å². The van der Waals surface area contributed by atoms with Gasteiger partial charge in [-0.05, 0) is 33.6 Å². The molecular formula is C12H20N2O4. The highest BCUT2D eigenvalue weighted by atomic mass is 16.7. The van der Waals surface area contributed by atoms with Gasteiger partial charge in [-0.15, -0.1) is 0 Å². The maximum Gasteiger partial charge on any atom is 0.283 e. The third-order valence-electron chi connectivity index (χ3n) is 2.97. The van der Waals surface area contributed by atoms with Crippen LogP contribution in [0.3, 0.4) is 0 Å². The van der Waals surface area contributed by atoms with Gasteiger partial charge in [0.05, 0.1) is 0 Å². The van der Waals surface area contributed by atoms with E-state index in [-0.39, 0.29) is 0 Å². The van der Waals surface area contributed by atoms with E-state index in [9.17, 15) is 0 Å². The van der Waals surface area contributed by atoms with Crippen LogP contribution in [0.2, 0.25) is 0 Å². The van der Waals surface area contributed by atoms with E-state index < -0.39 is 11.9 Å². The first-order valence-electron chi connectivity index (χ1n) is 6.41. The molecule has 0 aliphatic carbocycles. The zero-order valence-electron chi connectivity index (χ0n) is 11.1. The molecule has 1 aromatic heterocycles. The van der Waals surface area contributed by atoms with Gasteiger partial charge in [-0.25, -0.2) is 0 Å². The predicted octanol–water partition coefficient (Wildman–Crippen LogP) is 2.17. The van der Waals surface area contributed by atoms with Crippen molar-refractivity contribution in [3.63, 3.8) is 0 Å². The van der Waals surface area contributed by atoms with Crippen LogP contribution in [0, 0.1) is 0 Å². The Labute approximate surface area is 107 Å². The number of nitrogens with zero attached hydrogens (tertiary/aromatic N) is 2. The van der Waals surface area contributed by atoms with E-state index in [1.54, 1.807) is 0 Å². The fraction of sp³-hybridized carbons (Fsp3) is 0.833. The van der Waals surface area contributed by atoms with Gasteiger partial charge in [0, 0.05) is 19.8 Å². The lowest BCUT2D eigenvalue weighted by Crippen LogP contribution is -2.22. The Kier molecular flexibility index (Phi) is 4.31. The zero-order chi connectivity index (χ0) is 13.0. The van der Waals surface area contributed by atoms with Crippen LogP contribution in [0.25, 0.3) is 0 Å². The summed E-state index contributed by atoms with van der Waals surface area (Å²) in [4.78, 5) is 4.35. The van der Waals surface area contributed by atoms with Gasteiger partial charge in [0.15, 0.2) is 0 Å². The molecular weight excluding hydrogens is 236 g/mol. The molecule has 1 unspecified atom stereocenters.